The van der Waals surface area contributed by atoms with Crippen LogP contribution in [0.2, 0.25) is 10.6 Å². The zero-order valence-electron chi connectivity index (χ0n) is 10.6. The highest BCUT2D eigenvalue weighted by atomic mass is 16.4. The van der Waals surface area contributed by atoms with Gasteiger partial charge in [-0.05, 0) is 5.41 Å². The van der Waals surface area contributed by atoms with Crippen molar-refractivity contribution < 1.29 is 9.90 Å². The third kappa shape index (κ3) is 3.04. The topological polar surface area (TPSA) is 37.3 Å². The predicted molar refractivity (Wildman–Crippen MR) is 62.3 cm³/mol. The fraction of sp³-hybridized carbons (Fsp3) is 0.909. The standard InChI is InChI=1S/C11H23BO2/c1-9(2,3)11(6,7)12-10(4,5)8(13)14/h12H,1-7H3,(H,13,14). The average Bonchev–Trinajstić information content (AvgIpc) is 1.80. The van der Waals surface area contributed by atoms with Gasteiger partial charge in [0.1, 0.15) is 7.28 Å². The molecule has 0 heterocycles. The highest BCUT2D eigenvalue weighted by Gasteiger charge is 2.42. The molecule has 0 spiro atoms. The summed E-state index contributed by atoms with van der Waals surface area (Å²) < 4.78 is 0. The molecule has 0 radical (unpaired) electrons. The van der Waals surface area contributed by atoms with Crippen LogP contribution in [0.25, 0.3) is 0 Å². The van der Waals surface area contributed by atoms with E-state index < -0.39 is 11.3 Å². The molecule has 14 heavy (non-hydrogen) atoms. The van der Waals surface area contributed by atoms with Crippen molar-refractivity contribution in [3.8, 4) is 0 Å². The Morgan fingerprint density at radius 2 is 1.36 bits per heavy atom. The van der Waals surface area contributed by atoms with Gasteiger partial charge in [-0.1, -0.05) is 53.8 Å². The van der Waals surface area contributed by atoms with Gasteiger partial charge in [0.25, 0.3) is 0 Å². The van der Waals surface area contributed by atoms with Crippen LogP contribution in [0.15, 0.2) is 0 Å². The Morgan fingerprint density at radius 1 is 1.00 bits per heavy atom. The molecular weight excluding hydrogens is 175 g/mol. The summed E-state index contributed by atoms with van der Waals surface area (Å²) in [5, 5.41) is 8.45. The second-order valence-electron chi connectivity index (χ2n) is 6.50. The molecule has 0 amide bonds. The zero-order chi connectivity index (χ0) is 11.8. The van der Waals surface area contributed by atoms with Crippen LogP contribution in [-0.4, -0.2) is 18.4 Å². The van der Waals surface area contributed by atoms with E-state index in [1.54, 1.807) is 13.8 Å². The highest BCUT2D eigenvalue weighted by Crippen LogP contribution is 2.48. The van der Waals surface area contributed by atoms with Gasteiger partial charge in [-0.3, -0.25) is 4.79 Å². The Labute approximate surface area is 88.3 Å². The summed E-state index contributed by atoms with van der Waals surface area (Å²) in [7, 11) is 0.693. The SMILES string of the molecule is CC(C)(BC(C)(C)C(C)(C)C)C(=O)O. The molecule has 0 aromatic carbocycles. The van der Waals surface area contributed by atoms with Gasteiger partial charge in [-0.15, -0.1) is 0 Å². The van der Waals surface area contributed by atoms with Gasteiger partial charge in [0.05, 0.1) is 0 Å². The van der Waals surface area contributed by atoms with E-state index in [1.807, 2.05) is 0 Å². The van der Waals surface area contributed by atoms with Crippen LogP contribution in [-0.2, 0) is 4.79 Å². The molecule has 0 saturated carbocycles. The number of hydrogen-bond donors (Lipinski definition) is 1. The van der Waals surface area contributed by atoms with Gasteiger partial charge in [0.2, 0.25) is 0 Å². The van der Waals surface area contributed by atoms with Crippen molar-refractivity contribution in [3.63, 3.8) is 0 Å². The lowest BCUT2D eigenvalue weighted by molar-refractivity contribution is -0.139. The van der Waals surface area contributed by atoms with E-state index in [2.05, 4.69) is 34.6 Å². The lowest BCUT2D eigenvalue weighted by Gasteiger charge is -2.41. The van der Waals surface area contributed by atoms with Gasteiger partial charge in [-0.25, -0.2) is 0 Å². The van der Waals surface area contributed by atoms with Gasteiger partial charge in [-0.2, -0.15) is 0 Å². The number of aliphatic carboxylic acids is 1. The number of carboxylic acid groups (broad SMARTS) is 1. The molecule has 1 N–H and O–H groups in total. The summed E-state index contributed by atoms with van der Waals surface area (Å²) in [6, 6.07) is 0. The molecule has 0 aliphatic heterocycles. The Bertz CT molecular complexity index is 224. The number of hydrogen-bond acceptors (Lipinski definition) is 1. The molecule has 3 heteroatoms. The maximum Gasteiger partial charge on any atom is 0.301 e. The van der Waals surface area contributed by atoms with Crippen LogP contribution in [0, 0.1) is 5.41 Å². The molecule has 0 aromatic heterocycles. The molecule has 0 aromatic rings. The second kappa shape index (κ2) is 3.60. The minimum atomic E-state index is -0.713. The smallest absolute Gasteiger partial charge is 0.301 e. The van der Waals surface area contributed by atoms with Crippen LogP contribution in [0.3, 0.4) is 0 Å². The maximum absolute atomic E-state index is 11.0. The molecule has 0 fully saturated rings. The van der Waals surface area contributed by atoms with Crippen LogP contribution in [0.1, 0.15) is 48.5 Å². The Hall–Kier alpha value is -0.465. The molecule has 0 saturated heterocycles. The van der Waals surface area contributed by atoms with Gasteiger partial charge >= 0.3 is 5.97 Å². The monoisotopic (exact) mass is 198 g/mol. The third-order valence-corrected chi connectivity index (χ3v) is 3.49. The maximum atomic E-state index is 11.0. The predicted octanol–water partition coefficient (Wildman–Crippen LogP) is 2.95. The minimum absolute atomic E-state index is 0.0227. The summed E-state index contributed by atoms with van der Waals surface area (Å²) in [4.78, 5) is 11.0. The van der Waals surface area contributed by atoms with Crippen molar-refractivity contribution in [1.29, 1.82) is 0 Å². The molecule has 2 nitrogen and oxygen atoms in total. The molecule has 0 unspecified atom stereocenters. The van der Waals surface area contributed by atoms with Crippen molar-refractivity contribution in [2.45, 2.75) is 59.1 Å². The first-order valence-electron chi connectivity index (χ1n) is 5.13. The number of carboxylic acids is 1. The Kier molecular flexibility index (Phi) is 3.48. The van der Waals surface area contributed by atoms with E-state index in [1.165, 1.54) is 0 Å². The van der Waals surface area contributed by atoms with E-state index in [9.17, 15) is 4.79 Å². The van der Waals surface area contributed by atoms with Crippen molar-refractivity contribution in [1.82, 2.24) is 0 Å². The van der Waals surface area contributed by atoms with Crippen LogP contribution >= 0.6 is 0 Å². The van der Waals surface area contributed by atoms with Crippen molar-refractivity contribution in [2.75, 3.05) is 0 Å². The summed E-state index contributed by atoms with van der Waals surface area (Å²) in [5.74, 6) is -0.713. The number of carbonyl (C=O) groups is 1. The molecule has 0 aliphatic carbocycles. The van der Waals surface area contributed by atoms with E-state index in [0.29, 0.717) is 7.28 Å². The minimum Gasteiger partial charge on any atom is -0.481 e. The summed E-state index contributed by atoms with van der Waals surface area (Å²) in [6.07, 6.45) is 0. The quantitative estimate of drug-likeness (QED) is 0.708. The molecule has 0 rings (SSSR count). The van der Waals surface area contributed by atoms with Gasteiger partial charge < -0.3 is 5.11 Å². The van der Waals surface area contributed by atoms with Crippen molar-refractivity contribution in [2.24, 2.45) is 5.41 Å². The Balaban J connectivity index is 4.76. The fourth-order valence-corrected chi connectivity index (χ4v) is 1.45. The van der Waals surface area contributed by atoms with Crippen LogP contribution < -0.4 is 0 Å². The second-order valence-corrected chi connectivity index (χ2v) is 6.50. The summed E-state index contributed by atoms with van der Waals surface area (Å²) >= 11 is 0. The van der Waals surface area contributed by atoms with Crippen molar-refractivity contribution in [3.05, 3.63) is 0 Å². The van der Waals surface area contributed by atoms with Gasteiger partial charge in [0, 0.05) is 5.31 Å². The van der Waals surface area contributed by atoms with Gasteiger partial charge in [0.15, 0.2) is 0 Å². The zero-order valence-corrected chi connectivity index (χ0v) is 10.6. The van der Waals surface area contributed by atoms with E-state index in [0.717, 1.165) is 0 Å². The first kappa shape index (κ1) is 13.5. The molecule has 0 bridgehead atoms. The lowest BCUT2D eigenvalue weighted by Crippen LogP contribution is -2.37. The first-order chi connectivity index (χ1) is 5.90. The molecule has 0 aliphatic rings. The van der Waals surface area contributed by atoms with E-state index >= 15 is 0 Å². The molecular formula is C11H23BO2. The van der Waals surface area contributed by atoms with E-state index in [4.69, 9.17) is 5.11 Å². The summed E-state index contributed by atoms with van der Waals surface area (Å²) in [5.41, 5.74) is 0.125. The highest BCUT2D eigenvalue weighted by molar-refractivity contribution is 6.49. The van der Waals surface area contributed by atoms with Crippen LogP contribution in [0.4, 0.5) is 0 Å². The first-order valence-corrected chi connectivity index (χ1v) is 5.13. The normalized spacial score (nSPS) is 13.9. The largest absolute Gasteiger partial charge is 0.481 e. The van der Waals surface area contributed by atoms with Crippen molar-refractivity contribution >= 4 is 13.2 Å². The Morgan fingerprint density at radius 3 is 1.57 bits per heavy atom. The molecule has 0 atom stereocenters. The van der Waals surface area contributed by atoms with Crippen LogP contribution in [0.5, 0.6) is 0 Å². The fourth-order valence-electron chi connectivity index (χ4n) is 1.45. The molecule has 82 valence electrons. The average molecular weight is 198 g/mol. The number of rotatable bonds is 3. The summed E-state index contributed by atoms with van der Waals surface area (Å²) in [6.45, 7) is 14.3. The lowest BCUT2D eigenvalue weighted by atomic mass is 9.35. The third-order valence-electron chi connectivity index (χ3n) is 3.49. The van der Waals surface area contributed by atoms with E-state index in [-0.39, 0.29) is 10.7 Å².